The zero-order valence-corrected chi connectivity index (χ0v) is 15.8. The molecule has 0 aliphatic rings. The highest BCUT2D eigenvalue weighted by atomic mass is 79.9. The zero-order valence-electron chi connectivity index (χ0n) is 11.0. The van der Waals surface area contributed by atoms with Crippen molar-refractivity contribution in [3.05, 3.63) is 37.7 Å². The van der Waals surface area contributed by atoms with Crippen molar-refractivity contribution < 1.29 is 8.42 Å². The molecule has 5 nitrogen and oxygen atoms in total. The number of aromatic nitrogens is 1. The van der Waals surface area contributed by atoms with E-state index in [-0.39, 0.29) is 16.6 Å². The minimum Gasteiger partial charge on any atom is -0.398 e. The maximum Gasteiger partial charge on any atom is 0.244 e. The Morgan fingerprint density at radius 1 is 1.43 bits per heavy atom. The minimum atomic E-state index is -3.75. The maximum absolute atomic E-state index is 12.6. The number of sulfonamides is 1. The Hall–Kier alpha value is -0.480. The van der Waals surface area contributed by atoms with Crippen LogP contribution in [0.1, 0.15) is 24.4 Å². The van der Waals surface area contributed by atoms with E-state index >= 15 is 0 Å². The topological polar surface area (TPSA) is 85.1 Å². The average Bonchev–Trinajstić information content (AvgIpc) is 2.87. The van der Waals surface area contributed by atoms with E-state index in [0.29, 0.717) is 15.4 Å². The van der Waals surface area contributed by atoms with Gasteiger partial charge in [-0.2, -0.15) is 0 Å². The number of nitrogens with zero attached hydrogens (tertiary/aromatic N) is 1. The van der Waals surface area contributed by atoms with Gasteiger partial charge >= 0.3 is 0 Å². The van der Waals surface area contributed by atoms with Crippen LogP contribution in [0.2, 0.25) is 0 Å². The minimum absolute atomic E-state index is 0.0423. The molecule has 114 valence electrons. The summed E-state index contributed by atoms with van der Waals surface area (Å²) in [7, 11) is -3.75. The summed E-state index contributed by atoms with van der Waals surface area (Å²) in [4.78, 5) is 4.21. The molecular weight excluding hydrogens is 442 g/mol. The second-order valence-electron chi connectivity index (χ2n) is 4.26. The summed E-state index contributed by atoms with van der Waals surface area (Å²) in [6.07, 6.45) is 2.25. The number of anilines is 1. The summed E-state index contributed by atoms with van der Waals surface area (Å²) in [6.45, 7) is 1.90. The van der Waals surface area contributed by atoms with E-state index in [1.54, 1.807) is 18.3 Å². The van der Waals surface area contributed by atoms with Gasteiger partial charge in [0, 0.05) is 20.5 Å². The Morgan fingerprint density at radius 3 is 2.67 bits per heavy atom. The number of thiazole rings is 1. The fraction of sp³-hybridized carbons (Fsp3) is 0.250. The Kier molecular flexibility index (Phi) is 5.42. The molecule has 0 saturated heterocycles. The molecule has 0 fully saturated rings. The number of nitrogen functional groups attached to an aromatic ring is 1. The van der Waals surface area contributed by atoms with Gasteiger partial charge in [0.05, 0.1) is 11.7 Å². The first-order valence-corrected chi connectivity index (χ1v) is 9.96. The van der Waals surface area contributed by atoms with Crippen molar-refractivity contribution in [1.82, 2.24) is 9.71 Å². The van der Waals surface area contributed by atoms with Crippen molar-refractivity contribution in [3.63, 3.8) is 0 Å². The van der Waals surface area contributed by atoms with Crippen LogP contribution in [0.4, 0.5) is 5.69 Å². The quantitative estimate of drug-likeness (QED) is 0.674. The highest BCUT2D eigenvalue weighted by Crippen LogP contribution is 2.33. The van der Waals surface area contributed by atoms with E-state index in [4.69, 9.17) is 5.73 Å². The van der Waals surface area contributed by atoms with Gasteiger partial charge in [0.2, 0.25) is 10.0 Å². The lowest BCUT2D eigenvalue weighted by Crippen LogP contribution is -2.29. The van der Waals surface area contributed by atoms with Crippen LogP contribution in [0.25, 0.3) is 0 Å². The fourth-order valence-corrected chi connectivity index (χ4v) is 6.03. The lowest BCUT2D eigenvalue weighted by molar-refractivity contribution is 0.549. The number of halogens is 2. The zero-order chi connectivity index (χ0) is 15.6. The van der Waals surface area contributed by atoms with Gasteiger partial charge in [0.25, 0.3) is 0 Å². The first-order chi connectivity index (χ1) is 9.85. The summed E-state index contributed by atoms with van der Waals surface area (Å²) < 4.78 is 29.0. The summed E-state index contributed by atoms with van der Waals surface area (Å²) in [5.74, 6) is 0. The van der Waals surface area contributed by atoms with E-state index in [0.717, 1.165) is 5.01 Å². The third kappa shape index (κ3) is 3.84. The van der Waals surface area contributed by atoms with Gasteiger partial charge in [-0.1, -0.05) is 22.9 Å². The summed E-state index contributed by atoms with van der Waals surface area (Å²) >= 11 is 7.94. The number of hydrogen-bond donors (Lipinski definition) is 2. The standard InChI is InChI=1S/C12H13Br2N3O2S2/c1-2-10(12-16-3-4-20-12)17-21(18,19)11-8(14)5-7(13)6-9(11)15/h3-6,10,17H,2,15H2,1H3. The van der Waals surface area contributed by atoms with Crippen LogP contribution in [0.5, 0.6) is 0 Å². The van der Waals surface area contributed by atoms with Crippen molar-refractivity contribution in [2.45, 2.75) is 24.3 Å². The molecule has 1 heterocycles. The summed E-state index contributed by atoms with van der Waals surface area (Å²) in [5, 5.41) is 2.55. The predicted molar refractivity (Wildman–Crippen MR) is 91.7 cm³/mol. The summed E-state index contributed by atoms with van der Waals surface area (Å²) in [5.41, 5.74) is 6.03. The number of rotatable bonds is 5. The van der Waals surface area contributed by atoms with Crippen molar-refractivity contribution in [2.24, 2.45) is 0 Å². The van der Waals surface area contributed by atoms with E-state index in [1.165, 1.54) is 11.3 Å². The Morgan fingerprint density at radius 2 is 2.14 bits per heavy atom. The fourth-order valence-electron chi connectivity index (χ4n) is 1.82. The first-order valence-electron chi connectivity index (χ1n) is 6.01. The second-order valence-corrected chi connectivity index (χ2v) is 8.61. The molecule has 3 N–H and O–H groups in total. The normalized spacial score (nSPS) is 13.3. The van der Waals surface area contributed by atoms with Crippen molar-refractivity contribution in [3.8, 4) is 0 Å². The Labute approximate surface area is 144 Å². The van der Waals surface area contributed by atoms with Gasteiger partial charge in [-0.3, -0.25) is 0 Å². The van der Waals surface area contributed by atoms with E-state index in [1.807, 2.05) is 12.3 Å². The molecule has 0 saturated carbocycles. The highest BCUT2D eigenvalue weighted by Gasteiger charge is 2.26. The van der Waals surface area contributed by atoms with Gasteiger partial charge in [-0.15, -0.1) is 11.3 Å². The average molecular weight is 455 g/mol. The van der Waals surface area contributed by atoms with Crippen molar-refractivity contribution in [1.29, 1.82) is 0 Å². The van der Waals surface area contributed by atoms with E-state index in [9.17, 15) is 8.42 Å². The second kappa shape index (κ2) is 6.74. The van der Waals surface area contributed by atoms with Crippen molar-refractivity contribution >= 4 is 58.9 Å². The molecule has 0 aliphatic carbocycles. The van der Waals surface area contributed by atoms with Crippen LogP contribution in [0.3, 0.4) is 0 Å². The molecule has 0 aliphatic heterocycles. The Bertz CT molecular complexity index is 710. The predicted octanol–water partition coefficient (Wildman–Crippen LogP) is 3.68. The Balaban J connectivity index is 2.39. The van der Waals surface area contributed by atoms with Crippen LogP contribution >= 0.6 is 43.2 Å². The van der Waals surface area contributed by atoms with Gasteiger partial charge in [-0.05, 0) is 34.5 Å². The van der Waals surface area contributed by atoms with Gasteiger partial charge in [0.15, 0.2) is 0 Å². The molecule has 0 bridgehead atoms. The molecule has 0 radical (unpaired) electrons. The third-order valence-electron chi connectivity index (χ3n) is 2.76. The number of benzene rings is 1. The smallest absolute Gasteiger partial charge is 0.244 e. The maximum atomic E-state index is 12.6. The van der Waals surface area contributed by atoms with E-state index < -0.39 is 10.0 Å². The van der Waals surface area contributed by atoms with Crippen LogP contribution < -0.4 is 10.5 Å². The van der Waals surface area contributed by atoms with Gasteiger partial charge < -0.3 is 5.73 Å². The van der Waals surface area contributed by atoms with Crippen LogP contribution in [0, 0.1) is 0 Å². The molecule has 2 aromatic rings. The molecule has 1 atom stereocenters. The molecule has 1 unspecified atom stereocenters. The number of nitrogens with two attached hydrogens (primary N) is 1. The largest absolute Gasteiger partial charge is 0.398 e. The molecule has 1 aromatic carbocycles. The number of nitrogens with one attached hydrogen (secondary N) is 1. The van der Waals surface area contributed by atoms with Crippen molar-refractivity contribution in [2.75, 3.05) is 5.73 Å². The molecule has 0 amide bonds. The van der Waals surface area contributed by atoms with Gasteiger partial charge in [0.1, 0.15) is 9.90 Å². The molecule has 2 rings (SSSR count). The summed E-state index contributed by atoms with van der Waals surface area (Å²) in [6, 6.07) is 2.84. The molecule has 1 aromatic heterocycles. The molecular formula is C12H13Br2N3O2S2. The third-order valence-corrected chi connectivity index (χ3v) is 6.58. The molecule has 21 heavy (non-hydrogen) atoms. The SMILES string of the molecule is CCC(NS(=O)(=O)c1c(N)cc(Br)cc1Br)c1nccs1. The van der Waals surface area contributed by atoms with Crippen LogP contribution in [-0.4, -0.2) is 13.4 Å². The monoisotopic (exact) mass is 453 g/mol. The number of hydrogen-bond acceptors (Lipinski definition) is 5. The lowest BCUT2D eigenvalue weighted by atomic mass is 10.3. The lowest BCUT2D eigenvalue weighted by Gasteiger charge is -2.17. The van der Waals surface area contributed by atoms with Crippen LogP contribution in [-0.2, 0) is 10.0 Å². The first kappa shape index (κ1) is 16.9. The highest BCUT2D eigenvalue weighted by molar-refractivity contribution is 9.11. The van der Waals surface area contributed by atoms with Crippen LogP contribution in [0.15, 0.2) is 37.6 Å². The van der Waals surface area contributed by atoms with Gasteiger partial charge in [-0.25, -0.2) is 18.1 Å². The molecule has 0 spiro atoms. The van der Waals surface area contributed by atoms with E-state index in [2.05, 4.69) is 41.6 Å². The molecule has 9 heteroatoms.